The Balaban J connectivity index is 1.53. The third-order valence-corrected chi connectivity index (χ3v) is 5.70. The maximum absolute atomic E-state index is 14.1. The van der Waals surface area contributed by atoms with E-state index < -0.39 is 0 Å². The molecule has 5 rings (SSSR count). The van der Waals surface area contributed by atoms with Crippen LogP contribution in [0, 0.1) is 11.7 Å². The molecule has 0 unspecified atom stereocenters. The fourth-order valence-corrected chi connectivity index (χ4v) is 4.11. The maximum Gasteiger partial charge on any atom is 0.233 e. The zero-order valence-electron chi connectivity index (χ0n) is 14.8. The molecule has 1 aromatic carbocycles. The molecular formula is C20H24FN3O. The van der Waals surface area contributed by atoms with Gasteiger partial charge in [-0.2, -0.15) is 0 Å². The van der Waals surface area contributed by atoms with Crippen LogP contribution in [0.1, 0.15) is 32.3 Å². The van der Waals surface area contributed by atoms with Crippen LogP contribution >= 0.6 is 0 Å². The Labute approximate surface area is 148 Å². The minimum Gasteiger partial charge on any atom is -0.471 e. The number of aryl methyl sites for hydroxylation is 1. The second kappa shape index (κ2) is 6.71. The van der Waals surface area contributed by atoms with Gasteiger partial charge in [0.2, 0.25) is 5.88 Å². The summed E-state index contributed by atoms with van der Waals surface area (Å²) in [6.07, 6.45) is 3.41. The van der Waals surface area contributed by atoms with Gasteiger partial charge in [0.1, 0.15) is 11.9 Å². The average molecular weight is 341 g/mol. The van der Waals surface area contributed by atoms with Crippen LogP contribution < -0.4 is 4.74 Å². The van der Waals surface area contributed by atoms with Crippen LogP contribution in [0.2, 0.25) is 0 Å². The lowest BCUT2D eigenvalue weighted by Gasteiger charge is -2.48. The first kappa shape index (κ1) is 16.5. The van der Waals surface area contributed by atoms with E-state index >= 15 is 0 Å². The van der Waals surface area contributed by atoms with Gasteiger partial charge in [0, 0.05) is 17.7 Å². The maximum atomic E-state index is 14.1. The van der Waals surface area contributed by atoms with E-state index in [-0.39, 0.29) is 11.9 Å². The summed E-state index contributed by atoms with van der Waals surface area (Å²) in [5.74, 6) is 0.854. The number of aromatic nitrogens is 2. The molecule has 0 saturated carbocycles. The molecule has 25 heavy (non-hydrogen) atoms. The van der Waals surface area contributed by atoms with Gasteiger partial charge in [0.05, 0.1) is 5.69 Å². The van der Waals surface area contributed by atoms with Crippen molar-refractivity contribution in [1.82, 2.24) is 15.1 Å². The van der Waals surface area contributed by atoms with Crippen LogP contribution in [-0.4, -0.2) is 40.3 Å². The Bertz CT molecular complexity index is 739. The molecule has 2 atom stereocenters. The highest BCUT2D eigenvalue weighted by Crippen LogP contribution is 2.34. The summed E-state index contributed by atoms with van der Waals surface area (Å²) in [5, 5.41) is 8.42. The monoisotopic (exact) mass is 341 g/mol. The number of nitrogens with zero attached hydrogens (tertiary/aromatic N) is 3. The van der Waals surface area contributed by atoms with Crippen molar-refractivity contribution in [3.63, 3.8) is 0 Å². The third-order valence-electron chi connectivity index (χ3n) is 5.70. The second-order valence-corrected chi connectivity index (χ2v) is 7.12. The summed E-state index contributed by atoms with van der Waals surface area (Å²) < 4.78 is 20.3. The fraction of sp³-hybridized carbons (Fsp3) is 0.500. The van der Waals surface area contributed by atoms with Gasteiger partial charge in [-0.05, 0) is 69.0 Å². The van der Waals surface area contributed by atoms with Crippen LogP contribution in [0.15, 0.2) is 30.3 Å². The topological polar surface area (TPSA) is 38.2 Å². The zero-order chi connectivity index (χ0) is 17.4. The molecule has 2 bridgehead atoms. The molecular weight excluding hydrogens is 317 g/mol. The standard InChI is InChI=1S/C20H24FN3O/c1-3-14-4-5-17(21)16(12-14)18-6-7-19(23-22-18)25-20-13(2)24-10-8-15(20)9-11-24/h4-7,12-13,15,20H,3,8-11H2,1-2H3/t13-,20-/m0/s1. The second-order valence-electron chi connectivity index (χ2n) is 7.12. The molecule has 0 radical (unpaired) electrons. The van der Waals surface area contributed by atoms with E-state index in [1.165, 1.54) is 32.0 Å². The summed E-state index contributed by atoms with van der Waals surface area (Å²) in [6, 6.07) is 9.16. The molecule has 4 nitrogen and oxygen atoms in total. The molecule has 3 aliphatic heterocycles. The minimum atomic E-state index is -0.272. The van der Waals surface area contributed by atoms with Gasteiger partial charge in [-0.25, -0.2) is 4.39 Å². The molecule has 0 aliphatic carbocycles. The predicted molar refractivity (Wildman–Crippen MR) is 95.0 cm³/mol. The number of hydrogen-bond donors (Lipinski definition) is 0. The number of fused-ring (bicyclic) bond motifs is 3. The smallest absolute Gasteiger partial charge is 0.233 e. The quantitative estimate of drug-likeness (QED) is 0.850. The first-order valence-corrected chi connectivity index (χ1v) is 9.19. The summed E-state index contributed by atoms with van der Waals surface area (Å²) in [7, 11) is 0. The Kier molecular flexibility index (Phi) is 4.42. The summed E-state index contributed by atoms with van der Waals surface area (Å²) >= 11 is 0. The Morgan fingerprint density at radius 1 is 1.16 bits per heavy atom. The highest BCUT2D eigenvalue weighted by Gasteiger charge is 2.41. The van der Waals surface area contributed by atoms with Crippen LogP contribution in [0.5, 0.6) is 5.88 Å². The van der Waals surface area contributed by atoms with Crippen LogP contribution in [0.4, 0.5) is 4.39 Å². The normalized spacial score (nSPS) is 28.1. The molecule has 0 amide bonds. The van der Waals surface area contributed by atoms with Gasteiger partial charge in [0.15, 0.2) is 0 Å². The number of halogens is 1. The minimum absolute atomic E-state index is 0.169. The van der Waals surface area contributed by atoms with Crippen molar-refractivity contribution in [2.24, 2.45) is 5.92 Å². The SMILES string of the molecule is CCc1ccc(F)c(-c2ccc(O[C@@H]3C4CCN(CC4)[C@H]3C)nn2)c1. The third kappa shape index (κ3) is 3.13. The van der Waals surface area contributed by atoms with Crippen molar-refractivity contribution < 1.29 is 9.13 Å². The fourth-order valence-electron chi connectivity index (χ4n) is 4.11. The summed E-state index contributed by atoms with van der Waals surface area (Å²) in [6.45, 7) is 6.62. The molecule has 5 heteroatoms. The van der Waals surface area contributed by atoms with Crippen molar-refractivity contribution in [3.8, 4) is 17.1 Å². The van der Waals surface area contributed by atoms with E-state index in [0.717, 1.165) is 12.0 Å². The van der Waals surface area contributed by atoms with Crippen molar-refractivity contribution >= 4 is 0 Å². The molecule has 0 N–H and O–H groups in total. The largest absolute Gasteiger partial charge is 0.471 e. The van der Waals surface area contributed by atoms with Crippen LogP contribution in [0.25, 0.3) is 11.3 Å². The molecule has 3 aliphatic rings. The Hall–Kier alpha value is -2.01. The molecule has 3 saturated heterocycles. The van der Waals surface area contributed by atoms with E-state index in [2.05, 4.69) is 28.9 Å². The number of piperidine rings is 3. The van der Waals surface area contributed by atoms with Crippen LogP contribution in [0.3, 0.4) is 0 Å². The molecule has 2 aromatic rings. The highest BCUT2D eigenvalue weighted by molar-refractivity contribution is 5.60. The van der Waals surface area contributed by atoms with Gasteiger partial charge in [-0.1, -0.05) is 13.0 Å². The first-order valence-electron chi connectivity index (χ1n) is 9.19. The Morgan fingerprint density at radius 3 is 2.60 bits per heavy atom. The van der Waals surface area contributed by atoms with E-state index in [9.17, 15) is 4.39 Å². The van der Waals surface area contributed by atoms with Crippen molar-refractivity contribution in [2.45, 2.75) is 45.3 Å². The van der Waals surface area contributed by atoms with Gasteiger partial charge in [0.25, 0.3) is 0 Å². The lowest BCUT2D eigenvalue weighted by Crippen LogP contribution is -2.58. The van der Waals surface area contributed by atoms with Crippen LogP contribution in [-0.2, 0) is 6.42 Å². The number of hydrogen-bond acceptors (Lipinski definition) is 4. The molecule has 4 heterocycles. The molecule has 3 fully saturated rings. The zero-order valence-corrected chi connectivity index (χ0v) is 14.8. The van der Waals surface area contributed by atoms with Gasteiger partial charge < -0.3 is 4.74 Å². The summed E-state index contributed by atoms with van der Waals surface area (Å²) in [4.78, 5) is 2.48. The summed E-state index contributed by atoms with van der Waals surface area (Å²) in [5.41, 5.74) is 2.12. The van der Waals surface area contributed by atoms with Gasteiger partial charge in [-0.15, -0.1) is 10.2 Å². The molecule has 132 valence electrons. The highest BCUT2D eigenvalue weighted by atomic mass is 19.1. The number of rotatable bonds is 4. The van der Waals surface area contributed by atoms with Crippen molar-refractivity contribution in [2.75, 3.05) is 13.1 Å². The predicted octanol–water partition coefficient (Wildman–Crippen LogP) is 3.71. The van der Waals surface area contributed by atoms with E-state index in [0.29, 0.717) is 29.1 Å². The van der Waals surface area contributed by atoms with E-state index in [4.69, 9.17) is 4.74 Å². The van der Waals surface area contributed by atoms with Gasteiger partial charge >= 0.3 is 0 Å². The molecule has 0 spiro atoms. The average Bonchev–Trinajstić information content (AvgIpc) is 2.66. The molecule has 1 aromatic heterocycles. The number of benzene rings is 1. The number of ether oxygens (including phenoxy) is 1. The first-order chi connectivity index (χ1) is 12.2. The van der Waals surface area contributed by atoms with E-state index in [1.54, 1.807) is 12.1 Å². The lowest BCUT2D eigenvalue weighted by atomic mass is 9.81. The van der Waals surface area contributed by atoms with E-state index in [1.807, 2.05) is 12.1 Å². The van der Waals surface area contributed by atoms with Crippen molar-refractivity contribution in [3.05, 3.63) is 41.7 Å². The lowest BCUT2D eigenvalue weighted by molar-refractivity contribution is -0.0528. The van der Waals surface area contributed by atoms with Gasteiger partial charge in [-0.3, -0.25) is 4.90 Å². The van der Waals surface area contributed by atoms with Crippen molar-refractivity contribution in [1.29, 1.82) is 0 Å². The Morgan fingerprint density at radius 2 is 1.96 bits per heavy atom.